The van der Waals surface area contributed by atoms with Crippen molar-refractivity contribution in [2.45, 2.75) is 24.3 Å². The van der Waals surface area contributed by atoms with E-state index in [9.17, 15) is 0 Å². The molecule has 8 heteroatoms. The van der Waals surface area contributed by atoms with Crippen LogP contribution in [0.4, 0.5) is 23.0 Å². The zero-order valence-corrected chi connectivity index (χ0v) is 37.0. The second kappa shape index (κ2) is 14.7. The van der Waals surface area contributed by atoms with Crippen LogP contribution >= 0.6 is 0 Å². The molecular weight excluding hydrogens is 851 g/mol. The number of fused-ring (bicyclic) bond motifs is 13. The molecule has 4 unspecified atom stereocenters. The number of nitrogens with zero attached hydrogens (tertiary/aromatic N) is 5. The lowest BCUT2D eigenvalue weighted by Crippen LogP contribution is -2.23. The highest BCUT2D eigenvalue weighted by molar-refractivity contribution is 6.08. The molecule has 4 aliphatic rings. The molecule has 15 rings (SSSR count). The Kier molecular flexibility index (Phi) is 8.15. The summed E-state index contributed by atoms with van der Waals surface area (Å²) in [5, 5.41) is 2.13. The molecule has 0 saturated carbocycles. The highest BCUT2D eigenvalue weighted by atomic mass is 16.5. The van der Waals surface area contributed by atoms with Crippen LogP contribution in [0.2, 0.25) is 0 Å². The summed E-state index contributed by atoms with van der Waals surface area (Å²) in [7, 11) is 0. The average Bonchev–Trinajstić information content (AvgIpc) is 4.23. The first-order chi connectivity index (χ1) is 34.2. The minimum Gasteiger partial charge on any atom is -0.483 e. The van der Waals surface area contributed by atoms with E-state index in [1.807, 2.05) is 66.7 Å². The molecule has 4 aliphatic heterocycles. The molecule has 0 aliphatic carbocycles. The standard InChI is InChI=1S/C61H39N5O3/c1-4-14-36(15-5-1)59-62-60(37-16-6-2-7-17-37)64-61(63-59)66-50-29-25-39(35-48(50)58-56(66)44-21-11-13-23-52(44)69-58)41-27-31-54-46(33-41)45-32-40(26-30-53(45)67-54)38-24-28-49-47(34-38)57-55(43-20-10-12-22-51(43)68-57)65(49)42-18-8-3-9-19-42/h1-35,55-58H. The quantitative estimate of drug-likeness (QED) is 0.163. The van der Waals surface area contributed by atoms with Gasteiger partial charge in [-0.15, -0.1) is 0 Å². The lowest BCUT2D eigenvalue weighted by atomic mass is 9.96. The van der Waals surface area contributed by atoms with Crippen LogP contribution in [0.25, 0.3) is 67.0 Å². The Bertz CT molecular complexity index is 3800. The van der Waals surface area contributed by atoms with Crippen LogP contribution in [0.15, 0.2) is 217 Å². The summed E-state index contributed by atoms with van der Waals surface area (Å²) in [4.78, 5) is 20.1. The SMILES string of the molecule is c1ccc(-c2nc(-c3ccccc3)nc(N3c4ccc(-c5ccc6oc7ccc(-c8ccc9c(c8)C8Oc%10ccccc%10C8N9c8ccccc8)cc7c6c5)cc4C4Oc5ccccc5C43)n2)cc1. The molecule has 0 spiro atoms. The Morgan fingerprint density at radius 1 is 0.348 bits per heavy atom. The highest BCUT2D eigenvalue weighted by Gasteiger charge is 2.49. The van der Waals surface area contributed by atoms with Gasteiger partial charge in [-0.2, -0.15) is 9.97 Å². The fraction of sp³-hybridized carbons (Fsp3) is 0.0656. The van der Waals surface area contributed by atoms with Crippen LogP contribution in [-0.2, 0) is 0 Å². The van der Waals surface area contributed by atoms with Crippen molar-refractivity contribution in [1.82, 2.24) is 15.0 Å². The number of hydrogen-bond donors (Lipinski definition) is 0. The Morgan fingerprint density at radius 3 is 1.32 bits per heavy atom. The van der Waals surface area contributed by atoms with Gasteiger partial charge in [0.25, 0.3) is 0 Å². The smallest absolute Gasteiger partial charge is 0.234 e. The minimum absolute atomic E-state index is 0.0558. The molecule has 69 heavy (non-hydrogen) atoms. The van der Waals surface area contributed by atoms with E-state index in [1.165, 1.54) is 16.8 Å². The molecule has 6 heterocycles. The normalized spacial score (nSPS) is 18.0. The summed E-state index contributed by atoms with van der Waals surface area (Å²) in [6.45, 7) is 0. The lowest BCUT2D eigenvalue weighted by molar-refractivity contribution is 0.223. The molecule has 2 aromatic heterocycles. The zero-order valence-electron chi connectivity index (χ0n) is 37.0. The summed E-state index contributed by atoms with van der Waals surface area (Å²) in [5.74, 6) is 3.62. The maximum Gasteiger partial charge on any atom is 0.234 e. The third kappa shape index (κ3) is 5.85. The average molecular weight is 890 g/mol. The summed E-state index contributed by atoms with van der Waals surface area (Å²) in [6.07, 6.45) is -0.394. The van der Waals surface area contributed by atoms with Gasteiger partial charge in [-0.25, -0.2) is 4.98 Å². The number of furan rings is 1. The van der Waals surface area contributed by atoms with Gasteiger partial charge >= 0.3 is 0 Å². The van der Waals surface area contributed by atoms with Crippen molar-refractivity contribution in [1.29, 1.82) is 0 Å². The molecule has 9 aromatic carbocycles. The fourth-order valence-electron chi connectivity index (χ4n) is 11.2. The molecule has 8 nitrogen and oxygen atoms in total. The first-order valence-electron chi connectivity index (χ1n) is 23.5. The van der Waals surface area contributed by atoms with Crippen molar-refractivity contribution < 1.29 is 13.9 Å². The van der Waals surface area contributed by atoms with Crippen LogP contribution in [0, 0.1) is 0 Å². The van der Waals surface area contributed by atoms with Gasteiger partial charge in [-0.1, -0.05) is 140 Å². The molecule has 4 atom stereocenters. The van der Waals surface area contributed by atoms with E-state index in [4.69, 9.17) is 28.8 Å². The second-order valence-corrected chi connectivity index (χ2v) is 18.2. The van der Waals surface area contributed by atoms with Crippen molar-refractivity contribution in [2.75, 3.05) is 9.80 Å². The van der Waals surface area contributed by atoms with Crippen LogP contribution in [0.5, 0.6) is 11.5 Å². The van der Waals surface area contributed by atoms with Gasteiger partial charge in [-0.3, -0.25) is 4.90 Å². The predicted molar refractivity (Wildman–Crippen MR) is 271 cm³/mol. The first-order valence-corrected chi connectivity index (χ1v) is 23.5. The molecule has 11 aromatic rings. The van der Waals surface area contributed by atoms with Crippen molar-refractivity contribution in [2.24, 2.45) is 0 Å². The summed E-state index contributed by atoms with van der Waals surface area (Å²) in [5.41, 5.74) is 15.9. The van der Waals surface area contributed by atoms with Crippen LogP contribution in [0.1, 0.15) is 46.5 Å². The van der Waals surface area contributed by atoms with Crippen molar-refractivity contribution in [3.8, 4) is 56.5 Å². The van der Waals surface area contributed by atoms with E-state index < -0.39 is 0 Å². The molecule has 0 saturated heterocycles. The van der Waals surface area contributed by atoms with Gasteiger partial charge in [-0.05, 0) is 95.1 Å². The predicted octanol–water partition coefficient (Wildman–Crippen LogP) is 15.1. The van der Waals surface area contributed by atoms with E-state index in [-0.39, 0.29) is 24.3 Å². The maximum absolute atomic E-state index is 6.86. The van der Waals surface area contributed by atoms with E-state index in [1.54, 1.807) is 0 Å². The first kappa shape index (κ1) is 38.1. The minimum atomic E-state index is -0.276. The summed E-state index contributed by atoms with van der Waals surface area (Å²) >= 11 is 0. The van der Waals surface area contributed by atoms with Gasteiger partial charge in [0.1, 0.15) is 34.7 Å². The fourth-order valence-corrected chi connectivity index (χ4v) is 11.2. The number of para-hydroxylation sites is 3. The van der Waals surface area contributed by atoms with Crippen LogP contribution in [0.3, 0.4) is 0 Å². The largest absolute Gasteiger partial charge is 0.483 e. The molecule has 0 amide bonds. The number of hydrogen-bond acceptors (Lipinski definition) is 8. The van der Waals surface area contributed by atoms with Gasteiger partial charge in [0.05, 0.1) is 5.69 Å². The molecule has 0 bridgehead atoms. The van der Waals surface area contributed by atoms with Crippen LogP contribution in [-0.4, -0.2) is 15.0 Å². The molecular formula is C61H39N5O3. The lowest BCUT2D eigenvalue weighted by Gasteiger charge is -2.26. The van der Waals surface area contributed by atoms with E-state index in [2.05, 4.69) is 155 Å². The number of aromatic nitrogens is 3. The van der Waals surface area contributed by atoms with E-state index >= 15 is 0 Å². The Labute approximate surface area is 397 Å². The third-order valence-corrected chi connectivity index (χ3v) is 14.4. The molecule has 326 valence electrons. The molecule has 0 radical (unpaired) electrons. The summed E-state index contributed by atoms with van der Waals surface area (Å²) < 4.78 is 20.1. The van der Waals surface area contributed by atoms with Gasteiger partial charge in [0, 0.05) is 55.5 Å². The number of anilines is 4. The number of ether oxygens (including phenoxy) is 2. The Hall–Kier alpha value is -9.01. The van der Waals surface area contributed by atoms with Crippen molar-refractivity contribution >= 4 is 44.9 Å². The third-order valence-electron chi connectivity index (χ3n) is 14.4. The van der Waals surface area contributed by atoms with E-state index in [0.717, 1.165) is 89.3 Å². The maximum atomic E-state index is 6.86. The Balaban J connectivity index is 0.820. The molecule has 0 fully saturated rings. The van der Waals surface area contributed by atoms with Gasteiger partial charge in [0.15, 0.2) is 23.9 Å². The van der Waals surface area contributed by atoms with Gasteiger partial charge in [0.2, 0.25) is 5.95 Å². The van der Waals surface area contributed by atoms with E-state index in [0.29, 0.717) is 17.6 Å². The zero-order chi connectivity index (χ0) is 45.2. The summed E-state index contributed by atoms with van der Waals surface area (Å²) in [6, 6.07) is 74.1. The van der Waals surface area contributed by atoms with Crippen molar-refractivity contribution in [3.63, 3.8) is 0 Å². The number of benzene rings is 9. The highest BCUT2D eigenvalue weighted by Crippen LogP contribution is 2.60. The topological polar surface area (TPSA) is 76.8 Å². The van der Waals surface area contributed by atoms with Crippen molar-refractivity contribution in [3.05, 3.63) is 235 Å². The van der Waals surface area contributed by atoms with Gasteiger partial charge < -0.3 is 18.8 Å². The number of rotatable bonds is 6. The molecule has 0 N–H and O–H groups in total. The van der Waals surface area contributed by atoms with Crippen LogP contribution < -0.4 is 19.3 Å². The second-order valence-electron chi connectivity index (χ2n) is 18.2. The monoisotopic (exact) mass is 889 g/mol. The Morgan fingerprint density at radius 2 is 0.783 bits per heavy atom.